The number of unbranched alkanes of at least 4 members (excludes halogenated alkanes) is 1. The lowest BCUT2D eigenvalue weighted by molar-refractivity contribution is -0.122. The van der Waals surface area contributed by atoms with Gasteiger partial charge in [0.25, 0.3) is 0 Å². The fourth-order valence-electron chi connectivity index (χ4n) is 2.30. The lowest BCUT2D eigenvalue weighted by Crippen LogP contribution is -2.31. The minimum atomic E-state index is -0.200. The van der Waals surface area contributed by atoms with Crippen LogP contribution in [0.5, 0.6) is 0 Å². The highest BCUT2D eigenvalue weighted by atomic mass is 16.3. The fraction of sp³-hybridized carbons (Fsp3) is 0.389. The molecule has 0 saturated heterocycles. The van der Waals surface area contributed by atoms with Crippen LogP contribution in [-0.4, -0.2) is 12.5 Å². The maximum atomic E-state index is 12.5. The Morgan fingerprint density at radius 1 is 1.24 bits per heavy atom. The molecule has 2 aromatic rings. The topological polar surface area (TPSA) is 42.2 Å². The van der Waals surface area contributed by atoms with Gasteiger partial charge in [0, 0.05) is 13.0 Å². The van der Waals surface area contributed by atoms with Gasteiger partial charge in [0.05, 0.1) is 12.2 Å². The summed E-state index contributed by atoms with van der Waals surface area (Å²) in [6.45, 7) is 4.90. The quantitative estimate of drug-likeness (QED) is 0.786. The van der Waals surface area contributed by atoms with E-state index in [4.69, 9.17) is 4.42 Å². The fourth-order valence-corrected chi connectivity index (χ4v) is 2.30. The first kappa shape index (κ1) is 15.4. The standard InChI is InChI=1S/C18H23NO2/c1-3-4-11-19-18(20)17(13-16-6-5-12-21-16)15-9-7-14(2)8-10-15/h5-10,12,17H,3-4,11,13H2,1-2H3,(H,19,20). The number of aryl methyl sites for hydroxylation is 1. The van der Waals surface area contributed by atoms with Gasteiger partial charge in [-0.25, -0.2) is 0 Å². The molecule has 0 bridgehead atoms. The summed E-state index contributed by atoms with van der Waals surface area (Å²) in [5.41, 5.74) is 2.23. The summed E-state index contributed by atoms with van der Waals surface area (Å²) in [7, 11) is 0. The molecule has 2 rings (SSSR count). The SMILES string of the molecule is CCCCNC(=O)C(Cc1ccco1)c1ccc(C)cc1. The molecule has 1 heterocycles. The van der Waals surface area contributed by atoms with E-state index in [1.807, 2.05) is 43.3 Å². The second kappa shape index (κ2) is 7.67. The summed E-state index contributed by atoms with van der Waals surface area (Å²) < 4.78 is 5.41. The number of rotatable bonds is 7. The molecule has 112 valence electrons. The second-order valence-corrected chi connectivity index (χ2v) is 5.39. The van der Waals surface area contributed by atoms with Crippen molar-refractivity contribution in [3.05, 3.63) is 59.5 Å². The maximum absolute atomic E-state index is 12.5. The number of hydrogen-bond acceptors (Lipinski definition) is 2. The third-order valence-electron chi connectivity index (χ3n) is 3.61. The lowest BCUT2D eigenvalue weighted by Gasteiger charge is -2.16. The Morgan fingerprint density at radius 3 is 2.62 bits per heavy atom. The van der Waals surface area contributed by atoms with Crippen molar-refractivity contribution in [2.24, 2.45) is 0 Å². The van der Waals surface area contributed by atoms with Gasteiger partial charge in [0.1, 0.15) is 5.76 Å². The van der Waals surface area contributed by atoms with Gasteiger partial charge >= 0.3 is 0 Å². The van der Waals surface area contributed by atoms with Crippen LogP contribution in [-0.2, 0) is 11.2 Å². The minimum absolute atomic E-state index is 0.0729. The van der Waals surface area contributed by atoms with E-state index in [0.717, 1.165) is 30.7 Å². The van der Waals surface area contributed by atoms with Crippen molar-refractivity contribution in [3.63, 3.8) is 0 Å². The Labute approximate surface area is 126 Å². The van der Waals surface area contributed by atoms with Crippen molar-refractivity contribution < 1.29 is 9.21 Å². The molecule has 0 fully saturated rings. The third-order valence-corrected chi connectivity index (χ3v) is 3.61. The summed E-state index contributed by atoms with van der Waals surface area (Å²) in [4.78, 5) is 12.5. The highest BCUT2D eigenvalue weighted by Gasteiger charge is 2.21. The van der Waals surface area contributed by atoms with Crippen molar-refractivity contribution in [1.29, 1.82) is 0 Å². The Bertz CT molecular complexity index is 543. The molecule has 3 heteroatoms. The number of carbonyl (C=O) groups excluding carboxylic acids is 1. The molecular weight excluding hydrogens is 262 g/mol. The predicted octanol–water partition coefficient (Wildman–Crippen LogP) is 3.83. The Hall–Kier alpha value is -2.03. The van der Waals surface area contributed by atoms with Crippen LogP contribution in [0.3, 0.4) is 0 Å². The maximum Gasteiger partial charge on any atom is 0.228 e. The highest BCUT2D eigenvalue weighted by molar-refractivity contribution is 5.83. The van der Waals surface area contributed by atoms with Crippen molar-refractivity contribution in [3.8, 4) is 0 Å². The molecule has 3 nitrogen and oxygen atoms in total. The van der Waals surface area contributed by atoms with Crippen LogP contribution >= 0.6 is 0 Å². The lowest BCUT2D eigenvalue weighted by atomic mass is 9.93. The summed E-state index contributed by atoms with van der Waals surface area (Å²) in [5, 5.41) is 3.03. The molecule has 0 radical (unpaired) electrons. The monoisotopic (exact) mass is 285 g/mol. The molecule has 1 atom stereocenters. The van der Waals surface area contributed by atoms with E-state index in [2.05, 4.69) is 12.2 Å². The molecule has 0 saturated carbocycles. The zero-order valence-electron chi connectivity index (χ0n) is 12.8. The van der Waals surface area contributed by atoms with Crippen molar-refractivity contribution in [2.45, 2.75) is 39.0 Å². The molecular formula is C18H23NO2. The molecule has 0 aliphatic carbocycles. The average molecular weight is 285 g/mol. The normalized spacial score (nSPS) is 12.1. The van der Waals surface area contributed by atoms with Crippen LogP contribution in [0.2, 0.25) is 0 Å². The molecule has 1 amide bonds. The Morgan fingerprint density at radius 2 is 2.00 bits per heavy atom. The van der Waals surface area contributed by atoms with E-state index in [-0.39, 0.29) is 11.8 Å². The number of hydrogen-bond donors (Lipinski definition) is 1. The summed E-state index contributed by atoms with van der Waals surface area (Å²) >= 11 is 0. The molecule has 0 aliphatic rings. The Balaban J connectivity index is 2.13. The number of furan rings is 1. The van der Waals surface area contributed by atoms with Crippen LogP contribution in [0.15, 0.2) is 47.1 Å². The zero-order chi connectivity index (χ0) is 15.1. The van der Waals surface area contributed by atoms with E-state index in [0.29, 0.717) is 6.42 Å². The van der Waals surface area contributed by atoms with Crippen LogP contribution in [0, 0.1) is 6.92 Å². The van der Waals surface area contributed by atoms with Gasteiger partial charge in [-0.3, -0.25) is 4.79 Å². The van der Waals surface area contributed by atoms with Gasteiger partial charge in [-0.15, -0.1) is 0 Å². The van der Waals surface area contributed by atoms with Gasteiger partial charge in [-0.2, -0.15) is 0 Å². The molecule has 0 aliphatic heterocycles. The predicted molar refractivity (Wildman–Crippen MR) is 84.2 cm³/mol. The van der Waals surface area contributed by atoms with E-state index in [1.165, 1.54) is 5.56 Å². The van der Waals surface area contributed by atoms with Gasteiger partial charge in [0.2, 0.25) is 5.91 Å². The van der Waals surface area contributed by atoms with Crippen molar-refractivity contribution in [1.82, 2.24) is 5.32 Å². The summed E-state index contributed by atoms with van der Waals surface area (Å²) in [6.07, 6.45) is 4.32. The molecule has 1 unspecified atom stereocenters. The van der Waals surface area contributed by atoms with Gasteiger partial charge < -0.3 is 9.73 Å². The first-order valence-corrected chi connectivity index (χ1v) is 7.57. The van der Waals surface area contributed by atoms with Gasteiger partial charge in [0.15, 0.2) is 0 Å². The average Bonchev–Trinajstić information content (AvgIpc) is 2.99. The van der Waals surface area contributed by atoms with Crippen LogP contribution in [0.25, 0.3) is 0 Å². The first-order chi connectivity index (χ1) is 10.2. The van der Waals surface area contributed by atoms with E-state index in [1.54, 1.807) is 6.26 Å². The van der Waals surface area contributed by atoms with Crippen LogP contribution in [0.1, 0.15) is 42.6 Å². The molecule has 1 N–H and O–H groups in total. The smallest absolute Gasteiger partial charge is 0.228 e. The van der Waals surface area contributed by atoms with Crippen LogP contribution < -0.4 is 5.32 Å². The first-order valence-electron chi connectivity index (χ1n) is 7.57. The van der Waals surface area contributed by atoms with Crippen molar-refractivity contribution >= 4 is 5.91 Å². The van der Waals surface area contributed by atoms with Crippen LogP contribution in [0.4, 0.5) is 0 Å². The molecule has 1 aromatic heterocycles. The largest absolute Gasteiger partial charge is 0.469 e. The number of amides is 1. The van der Waals surface area contributed by atoms with Crippen molar-refractivity contribution in [2.75, 3.05) is 6.54 Å². The van der Waals surface area contributed by atoms with E-state index >= 15 is 0 Å². The number of nitrogens with one attached hydrogen (secondary N) is 1. The minimum Gasteiger partial charge on any atom is -0.469 e. The molecule has 0 spiro atoms. The summed E-state index contributed by atoms with van der Waals surface area (Å²) in [6, 6.07) is 11.9. The molecule has 21 heavy (non-hydrogen) atoms. The summed E-state index contributed by atoms with van der Waals surface area (Å²) in [5.74, 6) is 0.712. The second-order valence-electron chi connectivity index (χ2n) is 5.39. The Kier molecular flexibility index (Phi) is 5.61. The molecule has 1 aromatic carbocycles. The van der Waals surface area contributed by atoms with Gasteiger partial charge in [-0.05, 0) is 31.0 Å². The highest BCUT2D eigenvalue weighted by Crippen LogP contribution is 2.22. The zero-order valence-corrected chi connectivity index (χ0v) is 12.8. The van der Waals surface area contributed by atoms with E-state index in [9.17, 15) is 4.79 Å². The third kappa shape index (κ3) is 4.48. The van der Waals surface area contributed by atoms with Gasteiger partial charge in [-0.1, -0.05) is 43.2 Å². The van der Waals surface area contributed by atoms with E-state index < -0.39 is 0 Å². The number of benzene rings is 1. The number of carbonyl (C=O) groups is 1.